The molecule has 2 heterocycles. The monoisotopic (exact) mass is 543 g/mol. The molecule has 0 atom stereocenters. The first-order chi connectivity index (χ1) is 18.5. The summed E-state index contributed by atoms with van der Waals surface area (Å²) < 4.78 is 31.7. The first-order valence-corrected chi connectivity index (χ1v) is 11.8. The van der Waals surface area contributed by atoms with Gasteiger partial charge >= 0.3 is 12.1 Å². The van der Waals surface area contributed by atoms with Crippen LogP contribution in [0.25, 0.3) is 0 Å². The number of rotatable bonds is 7. The zero-order valence-electron chi connectivity index (χ0n) is 21.1. The molecule has 39 heavy (non-hydrogen) atoms. The summed E-state index contributed by atoms with van der Waals surface area (Å²) in [5.74, 6) is -1.82. The molecule has 10 nitrogen and oxygen atoms in total. The average Bonchev–Trinajstić information content (AvgIpc) is 2.91. The highest BCUT2D eigenvalue weighted by atomic mass is 19.4. The number of carbonyl (C=O) groups excluding carboxylic acids is 1. The maximum Gasteiger partial charge on any atom is 0.490 e. The minimum atomic E-state index is -5.08. The topological polar surface area (TPSA) is 123 Å². The number of carboxylic acid groups (broad SMARTS) is 1. The predicted molar refractivity (Wildman–Crippen MR) is 144 cm³/mol. The van der Waals surface area contributed by atoms with Crippen LogP contribution in [-0.2, 0) is 9.59 Å². The molecule has 4 N–H and O–H groups in total. The predicted octanol–water partition coefficient (Wildman–Crippen LogP) is 4.47. The SMILES string of the molecule is C=CC(=O)Nc1ccc(Nc2ccnc(Nc3ccc(N4CCN(C)CC4)cc3)n2)cc1.O=C(O)C(F)(F)F. The van der Waals surface area contributed by atoms with Gasteiger partial charge in [-0.2, -0.15) is 18.2 Å². The van der Waals surface area contributed by atoms with E-state index in [9.17, 15) is 18.0 Å². The van der Waals surface area contributed by atoms with Crippen molar-refractivity contribution in [2.45, 2.75) is 6.18 Å². The van der Waals surface area contributed by atoms with Gasteiger partial charge in [-0.15, -0.1) is 0 Å². The third-order valence-corrected chi connectivity index (χ3v) is 5.50. The number of nitrogens with one attached hydrogen (secondary N) is 3. The fourth-order valence-corrected chi connectivity index (χ4v) is 3.42. The second-order valence-electron chi connectivity index (χ2n) is 8.43. The van der Waals surface area contributed by atoms with E-state index in [0.29, 0.717) is 17.5 Å². The Morgan fingerprint density at radius 3 is 2.03 bits per heavy atom. The number of piperazine rings is 1. The van der Waals surface area contributed by atoms with E-state index in [-0.39, 0.29) is 5.91 Å². The van der Waals surface area contributed by atoms with Crippen LogP contribution < -0.4 is 20.9 Å². The summed E-state index contributed by atoms with van der Waals surface area (Å²) in [6, 6.07) is 17.5. The van der Waals surface area contributed by atoms with Crippen molar-refractivity contribution < 1.29 is 27.9 Å². The first kappa shape index (κ1) is 28.9. The van der Waals surface area contributed by atoms with Gasteiger partial charge in [0.05, 0.1) is 0 Å². The highest BCUT2D eigenvalue weighted by Gasteiger charge is 2.38. The van der Waals surface area contributed by atoms with Crippen molar-refractivity contribution in [3.05, 3.63) is 73.4 Å². The fraction of sp³-hybridized carbons (Fsp3) is 0.231. The Kier molecular flexibility index (Phi) is 9.81. The molecule has 1 aliphatic rings. The van der Waals surface area contributed by atoms with Gasteiger partial charge in [-0.1, -0.05) is 6.58 Å². The van der Waals surface area contributed by atoms with Gasteiger partial charge in [0.1, 0.15) is 5.82 Å². The number of nitrogens with zero attached hydrogens (tertiary/aromatic N) is 4. The van der Waals surface area contributed by atoms with Crippen LogP contribution in [0.4, 0.5) is 47.7 Å². The molecule has 2 aromatic carbocycles. The summed E-state index contributed by atoms with van der Waals surface area (Å²) in [6.45, 7) is 7.70. The second-order valence-corrected chi connectivity index (χ2v) is 8.43. The molecular formula is C26H28F3N7O3. The van der Waals surface area contributed by atoms with Gasteiger partial charge in [0.15, 0.2) is 0 Å². The number of carboxylic acids is 1. The highest BCUT2D eigenvalue weighted by Crippen LogP contribution is 2.22. The highest BCUT2D eigenvalue weighted by molar-refractivity contribution is 5.98. The third kappa shape index (κ3) is 9.31. The molecule has 0 spiro atoms. The van der Waals surface area contributed by atoms with Crippen molar-refractivity contribution in [3.8, 4) is 0 Å². The molecule has 0 bridgehead atoms. The van der Waals surface area contributed by atoms with Gasteiger partial charge in [-0.05, 0) is 67.7 Å². The zero-order chi connectivity index (χ0) is 28.4. The van der Waals surface area contributed by atoms with E-state index < -0.39 is 12.1 Å². The number of likely N-dealkylation sites (N-methyl/N-ethyl adjacent to an activating group) is 1. The minimum Gasteiger partial charge on any atom is -0.475 e. The lowest BCUT2D eigenvalue weighted by molar-refractivity contribution is -0.192. The molecule has 0 aliphatic carbocycles. The van der Waals surface area contributed by atoms with E-state index >= 15 is 0 Å². The Hall–Kier alpha value is -4.65. The largest absolute Gasteiger partial charge is 0.490 e. The number of halogens is 3. The quantitative estimate of drug-likeness (QED) is 0.320. The van der Waals surface area contributed by atoms with Crippen molar-refractivity contribution in [1.29, 1.82) is 0 Å². The summed E-state index contributed by atoms with van der Waals surface area (Å²) in [5, 5.41) is 16.3. The van der Waals surface area contributed by atoms with E-state index in [2.05, 4.69) is 61.5 Å². The maximum atomic E-state index is 11.4. The van der Waals surface area contributed by atoms with Crippen molar-refractivity contribution in [2.24, 2.45) is 0 Å². The van der Waals surface area contributed by atoms with Gasteiger partial charge in [0.25, 0.3) is 0 Å². The number of alkyl halides is 3. The summed E-state index contributed by atoms with van der Waals surface area (Å²) in [4.78, 5) is 33.9. The molecule has 1 fully saturated rings. The molecule has 1 aliphatic heterocycles. The molecule has 0 radical (unpaired) electrons. The Balaban J connectivity index is 0.000000532. The van der Waals surface area contributed by atoms with Crippen molar-refractivity contribution in [2.75, 3.05) is 54.1 Å². The number of hydrogen-bond donors (Lipinski definition) is 4. The Morgan fingerprint density at radius 1 is 0.923 bits per heavy atom. The lowest BCUT2D eigenvalue weighted by atomic mass is 10.2. The van der Waals surface area contributed by atoms with Crippen molar-refractivity contribution in [3.63, 3.8) is 0 Å². The Bertz CT molecular complexity index is 1260. The van der Waals surface area contributed by atoms with Crippen LogP contribution in [-0.4, -0.2) is 71.3 Å². The molecule has 0 unspecified atom stereocenters. The average molecular weight is 544 g/mol. The van der Waals surface area contributed by atoms with Crippen LogP contribution in [0.15, 0.2) is 73.4 Å². The van der Waals surface area contributed by atoms with Crippen LogP contribution >= 0.6 is 0 Å². The summed E-state index contributed by atoms with van der Waals surface area (Å²) in [7, 11) is 2.16. The zero-order valence-corrected chi connectivity index (χ0v) is 21.1. The van der Waals surface area contributed by atoms with Crippen LogP contribution in [0, 0.1) is 0 Å². The Labute approximate surface area is 223 Å². The molecule has 1 amide bonds. The number of aliphatic carboxylic acids is 1. The number of hydrogen-bond acceptors (Lipinski definition) is 8. The Morgan fingerprint density at radius 2 is 1.46 bits per heavy atom. The van der Waals surface area contributed by atoms with Gasteiger partial charge < -0.3 is 30.9 Å². The first-order valence-electron chi connectivity index (χ1n) is 11.8. The molecule has 3 aromatic rings. The minimum absolute atomic E-state index is 0.242. The third-order valence-electron chi connectivity index (χ3n) is 5.50. The molecule has 1 aromatic heterocycles. The van der Waals surface area contributed by atoms with Crippen LogP contribution in [0.3, 0.4) is 0 Å². The number of benzene rings is 2. The van der Waals surface area contributed by atoms with E-state index in [1.807, 2.05) is 36.4 Å². The van der Waals surface area contributed by atoms with Gasteiger partial charge in [-0.25, -0.2) is 9.78 Å². The molecular weight excluding hydrogens is 515 g/mol. The van der Waals surface area contributed by atoms with Gasteiger partial charge in [0, 0.05) is 55.1 Å². The summed E-state index contributed by atoms with van der Waals surface area (Å²) in [5.41, 5.74) is 3.71. The van der Waals surface area contributed by atoms with Crippen molar-refractivity contribution >= 4 is 46.4 Å². The molecule has 1 saturated heterocycles. The lowest BCUT2D eigenvalue weighted by Crippen LogP contribution is -2.44. The number of aromatic nitrogens is 2. The number of carbonyl (C=O) groups is 2. The van der Waals surface area contributed by atoms with Gasteiger partial charge in [-0.3, -0.25) is 4.79 Å². The normalized spacial score (nSPS) is 13.5. The van der Waals surface area contributed by atoms with E-state index in [1.165, 1.54) is 11.8 Å². The summed E-state index contributed by atoms with van der Waals surface area (Å²) >= 11 is 0. The van der Waals surface area contributed by atoms with E-state index in [4.69, 9.17) is 9.90 Å². The standard InChI is InChI=1S/C24H27N7O.C2HF3O2/c1-3-23(32)27-19-6-4-18(5-7-19)26-22-12-13-25-24(29-22)28-20-8-10-21(11-9-20)31-16-14-30(2)15-17-31;3-2(4,5)1(6)7/h3-13H,1,14-17H2,2H3,(H,27,32)(H2,25,26,28,29);(H,6,7). The molecule has 13 heteroatoms. The molecule has 206 valence electrons. The number of amides is 1. The fourth-order valence-electron chi connectivity index (χ4n) is 3.42. The van der Waals surface area contributed by atoms with Crippen LogP contribution in [0.2, 0.25) is 0 Å². The molecule has 4 rings (SSSR count). The van der Waals surface area contributed by atoms with Gasteiger partial charge in [0.2, 0.25) is 11.9 Å². The van der Waals surface area contributed by atoms with Crippen LogP contribution in [0.1, 0.15) is 0 Å². The molecule has 0 saturated carbocycles. The van der Waals surface area contributed by atoms with E-state index in [1.54, 1.807) is 12.3 Å². The van der Waals surface area contributed by atoms with Crippen molar-refractivity contribution in [1.82, 2.24) is 14.9 Å². The lowest BCUT2D eigenvalue weighted by Gasteiger charge is -2.34. The van der Waals surface area contributed by atoms with E-state index in [0.717, 1.165) is 37.6 Å². The summed E-state index contributed by atoms with van der Waals surface area (Å²) in [6.07, 6.45) is -2.14. The second kappa shape index (κ2) is 13.2. The smallest absolute Gasteiger partial charge is 0.475 e. The maximum absolute atomic E-state index is 11.4. The van der Waals surface area contributed by atoms with Crippen LogP contribution in [0.5, 0.6) is 0 Å². The number of anilines is 6.